The van der Waals surface area contributed by atoms with Crippen LogP contribution in [0.5, 0.6) is 0 Å². The number of hydrogen-bond acceptors (Lipinski definition) is 3. The minimum atomic E-state index is -0.855. The lowest BCUT2D eigenvalue weighted by molar-refractivity contribution is -0.136. The zero-order valence-electron chi connectivity index (χ0n) is 16.4. The monoisotopic (exact) mass is 380 g/mol. The van der Waals surface area contributed by atoms with Crippen LogP contribution in [0.2, 0.25) is 0 Å². The molecule has 1 unspecified atom stereocenters. The highest BCUT2D eigenvalue weighted by atomic mass is 16.4. The first-order chi connectivity index (χ1) is 13.5. The summed E-state index contributed by atoms with van der Waals surface area (Å²) in [5.74, 6) is -0.890. The lowest BCUT2D eigenvalue weighted by Gasteiger charge is -2.32. The minimum absolute atomic E-state index is 0.00318. The molecule has 28 heavy (non-hydrogen) atoms. The molecule has 0 spiro atoms. The molecule has 0 aliphatic carbocycles. The average molecular weight is 380 g/mol. The van der Waals surface area contributed by atoms with Crippen LogP contribution in [0.4, 0.5) is 5.69 Å². The molecule has 1 aliphatic heterocycles. The molecule has 2 N–H and O–H groups in total. The third-order valence-corrected chi connectivity index (χ3v) is 5.22. The molecular formula is C23H28N2O3. The van der Waals surface area contributed by atoms with E-state index in [0.717, 1.165) is 29.8 Å². The maximum absolute atomic E-state index is 12.5. The van der Waals surface area contributed by atoms with Crippen LogP contribution in [0, 0.1) is 0 Å². The summed E-state index contributed by atoms with van der Waals surface area (Å²) in [6, 6.07) is 15.4. The molecule has 0 saturated carbocycles. The summed E-state index contributed by atoms with van der Waals surface area (Å²) in [4.78, 5) is 25.7. The molecule has 1 saturated heterocycles. The van der Waals surface area contributed by atoms with Crippen molar-refractivity contribution in [2.75, 3.05) is 18.0 Å². The van der Waals surface area contributed by atoms with Crippen molar-refractivity contribution in [2.24, 2.45) is 0 Å². The highest BCUT2D eigenvalue weighted by Crippen LogP contribution is 2.28. The molecule has 1 atom stereocenters. The second kappa shape index (κ2) is 9.40. The minimum Gasteiger partial charge on any atom is -0.481 e. The van der Waals surface area contributed by atoms with Crippen molar-refractivity contribution in [3.8, 4) is 0 Å². The predicted molar refractivity (Wildman–Crippen MR) is 111 cm³/mol. The van der Waals surface area contributed by atoms with Gasteiger partial charge < -0.3 is 15.3 Å². The number of carboxylic acids is 1. The second-order valence-corrected chi connectivity index (χ2v) is 7.46. The lowest BCUT2D eigenvalue weighted by atomic mass is 10.0. The Labute approximate surface area is 166 Å². The molecular weight excluding hydrogens is 352 g/mol. The molecule has 0 bridgehead atoms. The molecule has 2 aromatic carbocycles. The van der Waals surface area contributed by atoms with Crippen molar-refractivity contribution in [3.05, 3.63) is 65.2 Å². The first-order valence-electron chi connectivity index (χ1n) is 9.96. The summed E-state index contributed by atoms with van der Waals surface area (Å²) >= 11 is 0. The standard InChI is InChI=1S/C23H28N2O3/c1-17(20-7-3-4-8-21(20)25-13-5-2-6-14-25)24-22(26)15-18-9-11-19(12-10-18)16-23(27)28/h3-4,7-12,17H,2,5-6,13-16H2,1H3,(H,24,26)(H,27,28). The van der Waals surface area contributed by atoms with Gasteiger partial charge in [0.25, 0.3) is 0 Å². The van der Waals surface area contributed by atoms with E-state index < -0.39 is 5.97 Å². The largest absolute Gasteiger partial charge is 0.481 e. The zero-order valence-corrected chi connectivity index (χ0v) is 16.4. The molecule has 0 radical (unpaired) electrons. The van der Waals surface area contributed by atoms with Crippen LogP contribution in [0.3, 0.4) is 0 Å². The van der Waals surface area contributed by atoms with Crippen molar-refractivity contribution in [1.82, 2.24) is 5.32 Å². The van der Waals surface area contributed by atoms with E-state index in [4.69, 9.17) is 5.11 Å². The van der Waals surface area contributed by atoms with Crippen molar-refractivity contribution in [2.45, 2.75) is 45.1 Å². The summed E-state index contributed by atoms with van der Waals surface area (Å²) in [6.07, 6.45) is 4.00. The number of carbonyl (C=O) groups is 2. The number of piperidine rings is 1. The highest BCUT2D eigenvalue weighted by molar-refractivity contribution is 5.79. The number of benzene rings is 2. The van der Waals surface area contributed by atoms with Crippen LogP contribution in [0.1, 0.15) is 48.9 Å². The Bertz CT molecular complexity index is 811. The Hall–Kier alpha value is -2.82. The van der Waals surface area contributed by atoms with Gasteiger partial charge in [0, 0.05) is 18.8 Å². The van der Waals surface area contributed by atoms with E-state index in [1.807, 2.05) is 25.1 Å². The molecule has 5 nitrogen and oxygen atoms in total. The number of carbonyl (C=O) groups excluding carboxylic acids is 1. The number of rotatable bonds is 7. The maximum Gasteiger partial charge on any atom is 0.307 e. The molecule has 1 heterocycles. The van der Waals surface area contributed by atoms with Crippen molar-refractivity contribution < 1.29 is 14.7 Å². The van der Waals surface area contributed by atoms with Gasteiger partial charge in [-0.05, 0) is 48.9 Å². The third kappa shape index (κ3) is 5.35. The summed E-state index contributed by atoms with van der Waals surface area (Å²) in [6.45, 7) is 4.16. The molecule has 3 rings (SSSR count). The Kier molecular flexibility index (Phi) is 6.69. The van der Waals surface area contributed by atoms with Gasteiger partial charge in [-0.1, -0.05) is 42.5 Å². The molecule has 2 aromatic rings. The van der Waals surface area contributed by atoms with Crippen molar-refractivity contribution in [3.63, 3.8) is 0 Å². The number of aliphatic carboxylic acids is 1. The quantitative estimate of drug-likeness (QED) is 0.768. The number of nitrogens with one attached hydrogen (secondary N) is 1. The lowest BCUT2D eigenvalue weighted by Crippen LogP contribution is -2.33. The number of anilines is 1. The third-order valence-electron chi connectivity index (χ3n) is 5.22. The maximum atomic E-state index is 12.5. The first kappa shape index (κ1) is 19.9. The summed E-state index contributed by atoms with van der Waals surface area (Å²) in [5.41, 5.74) is 3.98. The SMILES string of the molecule is CC(NC(=O)Cc1ccc(CC(=O)O)cc1)c1ccccc1N1CCCCC1. The Balaban J connectivity index is 1.62. The summed E-state index contributed by atoms with van der Waals surface area (Å²) in [7, 11) is 0. The van der Waals surface area contributed by atoms with Crippen LogP contribution in [0.25, 0.3) is 0 Å². The summed E-state index contributed by atoms with van der Waals surface area (Å²) in [5, 5.41) is 11.9. The van der Waals surface area contributed by atoms with Gasteiger partial charge in [0.1, 0.15) is 0 Å². The zero-order chi connectivity index (χ0) is 19.9. The van der Waals surface area contributed by atoms with E-state index in [9.17, 15) is 9.59 Å². The van der Waals surface area contributed by atoms with Crippen LogP contribution in [-0.4, -0.2) is 30.1 Å². The predicted octanol–water partition coefficient (Wildman–Crippen LogP) is 3.72. The number of amides is 1. The topological polar surface area (TPSA) is 69.6 Å². The molecule has 0 aromatic heterocycles. The number of para-hydroxylation sites is 1. The average Bonchev–Trinajstić information content (AvgIpc) is 2.69. The van der Waals surface area contributed by atoms with E-state index in [1.165, 1.54) is 24.9 Å². The van der Waals surface area contributed by atoms with E-state index in [2.05, 4.69) is 28.4 Å². The van der Waals surface area contributed by atoms with Gasteiger partial charge in [-0.2, -0.15) is 0 Å². The number of hydrogen-bond donors (Lipinski definition) is 2. The van der Waals surface area contributed by atoms with E-state index in [-0.39, 0.29) is 24.8 Å². The van der Waals surface area contributed by atoms with Gasteiger partial charge in [0.2, 0.25) is 5.91 Å². The van der Waals surface area contributed by atoms with Crippen LogP contribution < -0.4 is 10.2 Å². The summed E-state index contributed by atoms with van der Waals surface area (Å²) < 4.78 is 0. The molecule has 5 heteroatoms. The molecule has 1 amide bonds. The molecule has 1 aliphatic rings. The van der Waals surface area contributed by atoms with Crippen molar-refractivity contribution >= 4 is 17.6 Å². The van der Waals surface area contributed by atoms with Gasteiger partial charge in [-0.25, -0.2) is 0 Å². The number of carboxylic acid groups (broad SMARTS) is 1. The van der Waals surface area contributed by atoms with Crippen molar-refractivity contribution in [1.29, 1.82) is 0 Å². The van der Waals surface area contributed by atoms with Gasteiger partial charge in [-0.3, -0.25) is 9.59 Å². The van der Waals surface area contributed by atoms with E-state index in [0.29, 0.717) is 0 Å². The van der Waals surface area contributed by atoms with E-state index >= 15 is 0 Å². The van der Waals surface area contributed by atoms with Crippen LogP contribution in [0.15, 0.2) is 48.5 Å². The van der Waals surface area contributed by atoms with Gasteiger partial charge in [0.05, 0.1) is 18.9 Å². The smallest absolute Gasteiger partial charge is 0.307 e. The molecule has 1 fully saturated rings. The normalized spacial score (nSPS) is 15.1. The van der Waals surface area contributed by atoms with Gasteiger partial charge in [-0.15, -0.1) is 0 Å². The Morgan fingerprint density at radius 3 is 2.21 bits per heavy atom. The van der Waals surface area contributed by atoms with Crippen LogP contribution in [-0.2, 0) is 22.4 Å². The van der Waals surface area contributed by atoms with Crippen LogP contribution >= 0.6 is 0 Å². The molecule has 148 valence electrons. The second-order valence-electron chi connectivity index (χ2n) is 7.46. The Morgan fingerprint density at radius 1 is 0.964 bits per heavy atom. The van der Waals surface area contributed by atoms with E-state index in [1.54, 1.807) is 12.1 Å². The highest BCUT2D eigenvalue weighted by Gasteiger charge is 2.18. The first-order valence-corrected chi connectivity index (χ1v) is 9.96. The van der Waals surface area contributed by atoms with Gasteiger partial charge in [0.15, 0.2) is 0 Å². The number of nitrogens with zero attached hydrogens (tertiary/aromatic N) is 1. The fourth-order valence-corrected chi connectivity index (χ4v) is 3.78. The van der Waals surface area contributed by atoms with Gasteiger partial charge >= 0.3 is 5.97 Å². The Morgan fingerprint density at radius 2 is 1.57 bits per heavy atom. The fraction of sp³-hybridized carbons (Fsp3) is 0.391. The fourth-order valence-electron chi connectivity index (χ4n) is 3.78.